The van der Waals surface area contributed by atoms with Gasteiger partial charge in [-0.2, -0.15) is 5.26 Å². The lowest BCUT2D eigenvalue weighted by Gasteiger charge is -2.07. The van der Waals surface area contributed by atoms with Crippen LogP contribution in [-0.2, 0) is 9.84 Å². The van der Waals surface area contributed by atoms with E-state index >= 15 is 0 Å². The third kappa shape index (κ3) is 4.31. The lowest BCUT2D eigenvalue weighted by atomic mass is 10.2. The summed E-state index contributed by atoms with van der Waals surface area (Å²) in [6, 6.07) is 15.0. The largest absolute Gasteiger partial charge is 0.493 e. The highest BCUT2D eigenvalue weighted by atomic mass is 79.9. The average Bonchev–Trinajstić information content (AvgIpc) is 2.49. The normalized spacial score (nSPS) is 10.9. The molecule has 0 radical (unpaired) electrons. The van der Waals surface area contributed by atoms with Crippen molar-refractivity contribution >= 4 is 25.8 Å². The molecule has 6 heteroatoms. The summed E-state index contributed by atoms with van der Waals surface area (Å²) < 4.78 is 30.6. The van der Waals surface area contributed by atoms with Crippen LogP contribution in [-0.4, -0.2) is 20.8 Å². The Morgan fingerprint density at radius 1 is 1.05 bits per heavy atom. The Kier molecular flexibility index (Phi) is 4.99. The van der Waals surface area contributed by atoms with Gasteiger partial charge in [0.25, 0.3) is 0 Å². The van der Waals surface area contributed by atoms with Crippen LogP contribution in [0, 0.1) is 11.3 Å². The summed E-state index contributed by atoms with van der Waals surface area (Å²) in [5, 5.41) is 8.70. The van der Waals surface area contributed by atoms with E-state index in [4.69, 9.17) is 10.00 Å². The van der Waals surface area contributed by atoms with E-state index in [0.29, 0.717) is 11.3 Å². The Bertz CT molecular complexity index is 747. The number of nitriles is 1. The zero-order chi connectivity index (χ0) is 15.3. The van der Waals surface area contributed by atoms with E-state index in [1.807, 2.05) is 18.2 Å². The summed E-state index contributed by atoms with van der Waals surface area (Å²) in [7, 11) is -3.41. The molecule has 0 heterocycles. The summed E-state index contributed by atoms with van der Waals surface area (Å²) in [4.78, 5) is 0.195. The molecule has 4 nitrogen and oxygen atoms in total. The van der Waals surface area contributed by atoms with E-state index in [0.717, 1.165) is 4.47 Å². The molecule has 0 saturated heterocycles. The smallest absolute Gasteiger partial charge is 0.181 e. The summed E-state index contributed by atoms with van der Waals surface area (Å²) >= 11 is 3.31. The van der Waals surface area contributed by atoms with Crippen molar-refractivity contribution in [2.24, 2.45) is 0 Å². The second-order valence-electron chi connectivity index (χ2n) is 4.26. The van der Waals surface area contributed by atoms with Crippen molar-refractivity contribution in [2.75, 3.05) is 12.4 Å². The van der Waals surface area contributed by atoms with Gasteiger partial charge in [0.15, 0.2) is 9.84 Å². The fourth-order valence-corrected chi connectivity index (χ4v) is 3.01. The van der Waals surface area contributed by atoms with E-state index in [1.165, 1.54) is 24.3 Å². The van der Waals surface area contributed by atoms with Gasteiger partial charge in [0.05, 0.1) is 22.3 Å². The molecule has 2 aromatic carbocycles. The molecule has 0 atom stereocenters. The maximum atomic E-state index is 12.1. The number of ether oxygens (including phenoxy) is 1. The van der Waals surface area contributed by atoms with E-state index < -0.39 is 9.84 Å². The fraction of sp³-hybridized carbons (Fsp3) is 0.133. The van der Waals surface area contributed by atoms with Crippen LogP contribution >= 0.6 is 15.9 Å². The van der Waals surface area contributed by atoms with Crippen molar-refractivity contribution in [1.82, 2.24) is 0 Å². The zero-order valence-electron chi connectivity index (χ0n) is 11.0. The zero-order valence-corrected chi connectivity index (χ0v) is 13.4. The Hall–Kier alpha value is -1.84. The number of benzene rings is 2. The molecule has 0 aliphatic heterocycles. The van der Waals surface area contributed by atoms with Gasteiger partial charge >= 0.3 is 0 Å². The standard InChI is InChI=1S/C15H12BrNO3S/c16-13-3-5-14(6-4-13)20-9-10-21(18,19)15-7-1-12(11-17)2-8-15/h1-8H,9-10H2. The van der Waals surface area contributed by atoms with Crippen molar-refractivity contribution in [3.63, 3.8) is 0 Å². The van der Waals surface area contributed by atoms with Crippen LogP contribution in [0.4, 0.5) is 0 Å². The number of nitrogens with zero attached hydrogens (tertiary/aromatic N) is 1. The first kappa shape index (κ1) is 15.5. The Balaban J connectivity index is 1.97. The monoisotopic (exact) mass is 365 g/mol. The predicted octanol–water partition coefficient (Wildman–Crippen LogP) is 3.17. The molecule has 0 N–H and O–H groups in total. The number of sulfone groups is 1. The summed E-state index contributed by atoms with van der Waals surface area (Å²) in [6.45, 7) is 0.0734. The molecule has 0 aliphatic rings. The SMILES string of the molecule is N#Cc1ccc(S(=O)(=O)CCOc2ccc(Br)cc2)cc1. The number of rotatable bonds is 5. The van der Waals surface area contributed by atoms with Gasteiger partial charge in [0.1, 0.15) is 12.4 Å². The van der Waals surface area contributed by atoms with Crippen LogP contribution in [0.25, 0.3) is 0 Å². The van der Waals surface area contributed by atoms with Gasteiger partial charge in [-0.3, -0.25) is 0 Å². The van der Waals surface area contributed by atoms with Crippen LogP contribution in [0.15, 0.2) is 57.9 Å². The summed E-state index contributed by atoms with van der Waals surface area (Å²) in [5.74, 6) is 0.503. The minimum atomic E-state index is -3.41. The van der Waals surface area contributed by atoms with Crippen molar-refractivity contribution in [1.29, 1.82) is 5.26 Å². The fourth-order valence-electron chi connectivity index (χ4n) is 1.65. The number of hydrogen-bond acceptors (Lipinski definition) is 4. The van der Waals surface area contributed by atoms with Gasteiger partial charge in [-0.25, -0.2) is 8.42 Å². The first-order valence-electron chi connectivity index (χ1n) is 6.12. The molecule has 0 amide bonds. The molecule has 0 bridgehead atoms. The summed E-state index contributed by atoms with van der Waals surface area (Å²) in [6.07, 6.45) is 0. The molecule has 0 aromatic heterocycles. The molecule has 0 spiro atoms. The molecule has 0 saturated carbocycles. The predicted molar refractivity (Wildman–Crippen MR) is 82.8 cm³/mol. The van der Waals surface area contributed by atoms with Gasteiger partial charge < -0.3 is 4.74 Å². The maximum absolute atomic E-state index is 12.1. The topological polar surface area (TPSA) is 67.2 Å². The second-order valence-corrected chi connectivity index (χ2v) is 7.28. The van der Waals surface area contributed by atoms with Crippen LogP contribution in [0.2, 0.25) is 0 Å². The van der Waals surface area contributed by atoms with Gasteiger partial charge in [0.2, 0.25) is 0 Å². The van der Waals surface area contributed by atoms with Crippen LogP contribution in [0.5, 0.6) is 5.75 Å². The van der Waals surface area contributed by atoms with E-state index in [9.17, 15) is 8.42 Å². The molecular weight excluding hydrogens is 354 g/mol. The Labute approximate surface area is 132 Å². The van der Waals surface area contributed by atoms with Gasteiger partial charge in [-0.1, -0.05) is 15.9 Å². The average molecular weight is 366 g/mol. The van der Waals surface area contributed by atoms with Gasteiger partial charge in [-0.05, 0) is 48.5 Å². The van der Waals surface area contributed by atoms with Crippen LogP contribution in [0.3, 0.4) is 0 Å². The van der Waals surface area contributed by atoms with Crippen molar-refractivity contribution in [2.45, 2.75) is 4.90 Å². The maximum Gasteiger partial charge on any atom is 0.181 e. The van der Waals surface area contributed by atoms with E-state index in [2.05, 4.69) is 15.9 Å². The van der Waals surface area contributed by atoms with Crippen LogP contribution < -0.4 is 4.74 Å². The molecular formula is C15H12BrNO3S. The first-order chi connectivity index (χ1) is 10.0. The number of halogens is 1. The molecule has 2 aromatic rings. The third-order valence-electron chi connectivity index (χ3n) is 2.78. The Morgan fingerprint density at radius 2 is 1.67 bits per heavy atom. The minimum absolute atomic E-state index is 0.0734. The molecule has 0 fully saturated rings. The molecule has 0 unspecified atom stereocenters. The highest BCUT2D eigenvalue weighted by Crippen LogP contribution is 2.17. The van der Waals surface area contributed by atoms with Gasteiger partial charge in [-0.15, -0.1) is 0 Å². The summed E-state index contributed by atoms with van der Waals surface area (Å²) in [5.41, 5.74) is 0.431. The first-order valence-corrected chi connectivity index (χ1v) is 8.57. The Morgan fingerprint density at radius 3 is 2.24 bits per heavy atom. The van der Waals surface area contributed by atoms with Gasteiger partial charge in [0, 0.05) is 4.47 Å². The quantitative estimate of drug-likeness (QED) is 0.815. The van der Waals surface area contributed by atoms with E-state index in [-0.39, 0.29) is 17.3 Å². The minimum Gasteiger partial charge on any atom is -0.493 e. The van der Waals surface area contributed by atoms with Crippen molar-refractivity contribution in [3.8, 4) is 11.8 Å². The molecule has 0 aliphatic carbocycles. The van der Waals surface area contributed by atoms with E-state index in [1.54, 1.807) is 12.1 Å². The van der Waals surface area contributed by atoms with Crippen LogP contribution in [0.1, 0.15) is 5.56 Å². The number of hydrogen-bond donors (Lipinski definition) is 0. The third-order valence-corrected chi connectivity index (χ3v) is 5.00. The molecule has 2 rings (SSSR count). The lowest BCUT2D eigenvalue weighted by Crippen LogP contribution is -2.14. The highest BCUT2D eigenvalue weighted by Gasteiger charge is 2.14. The second kappa shape index (κ2) is 6.74. The van der Waals surface area contributed by atoms with Crippen molar-refractivity contribution < 1.29 is 13.2 Å². The highest BCUT2D eigenvalue weighted by molar-refractivity contribution is 9.10. The molecule has 21 heavy (non-hydrogen) atoms. The van der Waals surface area contributed by atoms with Crippen molar-refractivity contribution in [3.05, 3.63) is 58.6 Å². The molecule has 108 valence electrons. The lowest BCUT2D eigenvalue weighted by molar-refractivity contribution is 0.341.